The maximum atomic E-state index is 12.7. The van der Waals surface area contributed by atoms with Crippen LogP contribution in [0, 0.1) is 29.6 Å². The molecule has 6 rings (SSSR count). The second-order valence-electron chi connectivity index (χ2n) is 12.3. The van der Waals surface area contributed by atoms with Crippen LogP contribution in [0.15, 0.2) is 49.1 Å². The summed E-state index contributed by atoms with van der Waals surface area (Å²) >= 11 is 0. The zero-order valence-electron chi connectivity index (χ0n) is 26.9. The Morgan fingerprint density at radius 2 is 1.94 bits per heavy atom. The molecule has 0 spiro atoms. The number of rotatable bonds is 9. The zero-order chi connectivity index (χ0) is 32.9. The molecule has 3 aliphatic heterocycles. The summed E-state index contributed by atoms with van der Waals surface area (Å²) < 4.78 is 11.9. The lowest BCUT2D eigenvalue weighted by molar-refractivity contribution is -0.128. The zero-order valence-corrected chi connectivity index (χ0v) is 26.9. The number of nitrogens with zero attached hydrogens (tertiary/aromatic N) is 7. The first-order chi connectivity index (χ1) is 22.9. The maximum absolute atomic E-state index is 12.7. The molecule has 2 atom stereocenters. The largest absolute Gasteiger partial charge is 0.470 e. The molecular formula is C36H41N7O4. The van der Waals surface area contributed by atoms with E-state index in [0.717, 1.165) is 42.3 Å². The maximum Gasteiger partial charge on any atom is 0.246 e. The molecule has 3 aliphatic rings. The monoisotopic (exact) mass is 635 g/mol. The standard InChI is InChI=1S/C36H41N7O4/c1-3-33(45)43-15-14-42(21-27(43)10-12-37)35-29-11-13-41(32-9-5-8-26-7-4-6-25(2)34(26)32)23-31(29)39-36(30(35)20-38)47-28(24-44)22-40-16-18-46-19-17-40/h3-9,27-28,44H,1,10-11,13-19,21-24H2,2H3/t27-,28?/m0/s1. The summed E-state index contributed by atoms with van der Waals surface area (Å²) in [5, 5.41) is 33.0. The fraction of sp³-hybridized carbons (Fsp3) is 0.444. The summed E-state index contributed by atoms with van der Waals surface area (Å²) in [6, 6.07) is 17.0. The predicted octanol–water partition coefficient (Wildman–Crippen LogP) is 3.17. The van der Waals surface area contributed by atoms with Gasteiger partial charge in [-0.2, -0.15) is 10.5 Å². The van der Waals surface area contributed by atoms with Gasteiger partial charge in [0.05, 0.1) is 56.3 Å². The van der Waals surface area contributed by atoms with Gasteiger partial charge in [0.1, 0.15) is 17.7 Å². The summed E-state index contributed by atoms with van der Waals surface area (Å²) in [5.41, 5.74) is 5.19. The fourth-order valence-corrected chi connectivity index (χ4v) is 7.15. The average Bonchev–Trinajstić information content (AvgIpc) is 3.10. The number of aliphatic hydroxyl groups excluding tert-OH is 1. The lowest BCUT2D eigenvalue weighted by atomic mass is 9.95. The van der Waals surface area contributed by atoms with E-state index in [2.05, 4.69) is 76.7 Å². The van der Waals surface area contributed by atoms with Gasteiger partial charge in [-0.05, 0) is 36.4 Å². The Bertz CT molecular complexity index is 1720. The van der Waals surface area contributed by atoms with Gasteiger partial charge in [0.15, 0.2) is 0 Å². The summed E-state index contributed by atoms with van der Waals surface area (Å²) in [7, 11) is 0. The summed E-state index contributed by atoms with van der Waals surface area (Å²) in [5.74, 6) is -0.00736. The minimum Gasteiger partial charge on any atom is -0.470 e. The van der Waals surface area contributed by atoms with Crippen LogP contribution >= 0.6 is 0 Å². The molecule has 2 fully saturated rings. The number of morpholine rings is 1. The molecule has 0 saturated carbocycles. The van der Waals surface area contributed by atoms with Crippen molar-refractivity contribution in [2.75, 3.05) is 75.4 Å². The van der Waals surface area contributed by atoms with Crippen LogP contribution < -0.4 is 14.5 Å². The molecule has 0 bridgehead atoms. The number of benzene rings is 2. The van der Waals surface area contributed by atoms with E-state index in [1.807, 2.05) is 0 Å². The summed E-state index contributed by atoms with van der Waals surface area (Å²) in [4.78, 5) is 26.0. The third kappa shape index (κ3) is 6.61. The lowest BCUT2D eigenvalue weighted by Crippen LogP contribution is -2.55. The van der Waals surface area contributed by atoms with Crippen LogP contribution in [-0.2, 0) is 22.5 Å². The molecule has 3 aromatic rings. The number of hydrogen-bond acceptors (Lipinski definition) is 10. The smallest absolute Gasteiger partial charge is 0.246 e. The Morgan fingerprint density at radius 1 is 1.15 bits per heavy atom. The van der Waals surface area contributed by atoms with Crippen molar-refractivity contribution in [2.45, 2.75) is 38.5 Å². The molecule has 4 heterocycles. The van der Waals surface area contributed by atoms with Crippen molar-refractivity contribution in [2.24, 2.45) is 0 Å². The van der Waals surface area contributed by atoms with E-state index < -0.39 is 6.10 Å². The van der Waals surface area contributed by atoms with Crippen LogP contribution in [0.3, 0.4) is 0 Å². The molecule has 0 aliphatic carbocycles. The third-order valence-corrected chi connectivity index (χ3v) is 9.47. The van der Waals surface area contributed by atoms with Crippen LogP contribution in [0.1, 0.15) is 28.8 Å². The number of ether oxygens (including phenoxy) is 2. The minimum absolute atomic E-state index is 0.162. The summed E-state index contributed by atoms with van der Waals surface area (Å²) in [6.45, 7) is 11.3. The van der Waals surface area contributed by atoms with E-state index in [4.69, 9.17) is 14.5 Å². The second-order valence-corrected chi connectivity index (χ2v) is 12.3. The molecule has 11 heteroatoms. The van der Waals surface area contributed by atoms with Crippen molar-refractivity contribution in [1.82, 2.24) is 14.8 Å². The molecule has 1 N–H and O–H groups in total. The Balaban J connectivity index is 1.41. The topological polar surface area (TPSA) is 129 Å². The van der Waals surface area contributed by atoms with Crippen molar-refractivity contribution < 1.29 is 19.4 Å². The van der Waals surface area contributed by atoms with Gasteiger partial charge in [0.25, 0.3) is 0 Å². The highest BCUT2D eigenvalue weighted by Gasteiger charge is 2.35. The van der Waals surface area contributed by atoms with E-state index in [9.17, 15) is 20.4 Å². The molecule has 1 aromatic heterocycles. The van der Waals surface area contributed by atoms with Crippen LogP contribution in [0.25, 0.3) is 10.8 Å². The molecular weight excluding hydrogens is 594 g/mol. The van der Waals surface area contributed by atoms with Gasteiger partial charge in [-0.3, -0.25) is 9.69 Å². The van der Waals surface area contributed by atoms with Crippen molar-refractivity contribution in [3.63, 3.8) is 0 Å². The SMILES string of the molecule is C=CC(=O)N1CCN(c2c(C#N)c(OC(CO)CN3CCOCC3)nc3c2CCN(c2cccc4cccc(C)c24)C3)C[C@@H]1CC#N. The first-order valence-corrected chi connectivity index (χ1v) is 16.3. The number of pyridine rings is 1. The van der Waals surface area contributed by atoms with Gasteiger partial charge in [-0.15, -0.1) is 0 Å². The van der Waals surface area contributed by atoms with Gasteiger partial charge in [0, 0.05) is 62.5 Å². The molecule has 0 radical (unpaired) electrons. The number of amides is 1. The highest BCUT2D eigenvalue weighted by atomic mass is 16.5. The number of piperazine rings is 1. The van der Waals surface area contributed by atoms with E-state index in [1.54, 1.807) is 4.90 Å². The molecule has 11 nitrogen and oxygen atoms in total. The quantitative estimate of drug-likeness (QED) is 0.350. The first-order valence-electron chi connectivity index (χ1n) is 16.3. The van der Waals surface area contributed by atoms with Crippen LogP contribution in [0.4, 0.5) is 11.4 Å². The number of anilines is 2. The van der Waals surface area contributed by atoms with E-state index >= 15 is 0 Å². The Labute approximate surface area is 275 Å². The number of aromatic nitrogens is 1. The number of aryl methyl sites for hydroxylation is 1. The molecule has 1 amide bonds. The van der Waals surface area contributed by atoms with Crippen molar-refractivity contribution in [3.05, 3.63) is 71.4 Å². The number of hydrogen-bond donors (Lipinski definition) is 1. The third-order valence-electron chi connectivity index (χ3n) is 9.47. The van der Waals surface area contributed by atoms with Gasteiger partial charge in [-0.25, -0.2) is 4.98 Å². The van der Waals surface area contributed by atoms with Crippen molar-refractivity contribution in [3.8, 4) is 18.0 Å². The number of nitriles is 2. The van der Waals surface area contributed by atoms with Crippen LogP contribution in [0.5, 0.6) is 5.88 Å². The van der Waals surface area contributed by atoms with Gasteiger partial charge >= 0.3 is 0 Å². The Kier molecular flexibility index (Phi) is 9.88. The van der Waals surface area contributed by atoms with E-state index in [-0.39, 0.29) is 30.9 Å². The van der Waals surface area contributed by atoms with Gasteiger partial charge in [0.2, 0.25) is 11.8 Å². The fourth-order valence-electron chi connectivity index (χ4n) is 7.15. The summed E-state index contributed by atoms with van der Waals surface area (Å²) in [6.07, 6.45) is 1.51. The van der Waals surface area contributed by atoms with E-state index in [1.165, 1.54) is 22.4 Å². The predicted molar refractivity (Wildman–Crippen MR) is 179 cm³/mol. The minimum atomic E-state index is -0.590. The normalized spacial score (nSPS) is 19.1. The Morgan fingerprint density at radius 3 is 2.66 bits per heavy atom. The molecule has 2 saturated heterocycles. The van der Waals surface area contributed by atoms with Crippen molar-refractivity contribution >= 4 is 28.1 Å². The number of fused-ring (bicyclic) bond motifs is 2. The number of carbonyl (C=O) groups excluding carboxylic acids is 1. The molecule has 47 heavy (non-hydrogen) atoms. The second kappa shape index (κ2) is 14.4. The van der Waals surface area contributed by atoms with Crippen LogP contribution in [0.2, 0.25) is 0 Å². The lowest BCUT2D eigenvalue weighted by Gasteiger charge is -2.43. The number of carbonyl (C=O) groups is 1. The average molecular weight is 636 g/mol. The first kappa shape index (κ1) is 32.3. The molecule has 1 unspecified atom stereocenters. The van der Waals surface area contributed by atoms with Gasteiger partial charge < -0.3 is 29.3 Å². The Hall–Kier alpha value is -4.68. The number of aliphatic hydroxyl groups is 1. The highest BCUT2D eigenvalue weighted by Crippen LogP contribution is 2.40. The highest BCUT2D eigenvalue weighted by molar-refractivity contribution is 5.97. The molecule has 244 valence electrons. The van der Waals surface area contributed by atoms with Crippen LogP contribution in [-0.4, -0.2) is 104 Å². The van der Waals surface area contributed by atoms with Gasteiger partial charge in [-0.1, -0.05) is 36.9 Å². The molecule has 2 aromatic carbocycles. The van der Waals surface area contributed by atoms with Crippen molar-refractivity contribution in [1.29, 1.82) is 10.5 Å². The van der Waals surface area contributed by atoms with E-state index in [0.29, 0.717) is 57.9 Å².